The van der Waals surface area contributed by atoms with E-state index in [0.717, 1.165) is 5.56 Å². The third kappa shape index (κ3) is 3.70. The van der Waals surface area contributed by atoms with Gasteiger partial charge in [-0.3, -0.25) is 9.89 Å². The highest BCUT2D eigenvalue weighted by Crippen LogP contribution is 2.26. The molecule has 2 aromatic carbocycles. The Morgan fingerprint density at radius 2 is 1.92 bits per heavy atom. The molecule has 0 saturated heterocycles. The summed E-state index contributed by atoms with van der Waals surface area (Å²) in [4.78, 5) is 12.2. The van der Waals surface area contributed by atoms with E-state index in [-0.39, 0.29) is 11.4 Å². The highest BCUT2D eigenvalue weighted by Gasteiger charge is 2.12. The summed E-state index contributed by atoms with van der Waals surface area (Å²) in [6.45, 7) is 1.69. The largest absolute Gasteiger partial charge is 0.507 e. The number of carbonyl (C=O) groups is 1. The number of hydrazone groups is 1. The Hall–Kier alpha value is -3.12. The molecule has 0 aliphatic heterocycles. The van der Waals surface area contributed by atoms with Gasteiger partial charge in [-0.2, -0.15) is 10.2 Å². The summed E-state index contributed by atoms with van der Waals surface area (Å²) in [5, 5.41) is 21.1. The highest BCUT2D eigenvalue weighted by atomic mass is 35.5. The maximum Gasteiger partial charge on any atom is 0.289 e. The fourth-order valence-electron chi connectivity index (χ4n) is 2.28. The molecule has 0 saturated carbocycles. The fourth-order valence-corrected chi connectivity index (χ4v) is 2.51. The number of hydrogen-bond donors (Lipinski definition) is 3. The van der Waals surface area contributed by atoms with Crippen LogP contribution in [0.5, 0.6) is 5.75 Å². The summed E-state index contributed by atoms with van der Waals surface area (Å²) in [6, 6.07) is 15.6. The molecule has 7 heteroatoms. The highest BCUT2D eigenvalue weighted by molar-refractivity contribution is 6.33. The van der Waals surface area contributed by atoms with Crippen LogP contribution < -0.4 is 5.43 Å². The van der Waals surface area contributed by atoms with Crippen LogP contribution in [-0.2, 0) is 0 Å². The van der Waals surface area contributed by atoms with Gasteiger partial charge in [0.25, 0.3) is 5.91 Å². The van der Waals surface area contributed by atoms with E-state index >= 15 is 0 Å². The minimum absolute atomic E-state index is 0.0977. The van der Waals surface area contributed by atoms with Gasteiger partial charge >= 0.3 is 0 Å². The molecule has 0 unspecified atom stereocenters. The van der Waals surface area contributed by atoms with Gasteiger partial charge in [0.05, 0.1) is 16.4 Å². The number of amides is 1. The summed E-state index contributed by atoms with van der Waals surface area (Å²) >= 11 is 6.13. The summed E-state index contributed by atoms with van der Waals surface area (Å²) in [7, 11) is 0. The lowest BCUT2D eigenvalue weighted by molar-refractivity contribution is 0.0950. The summed E-state index contributed by atoms with van der Waals surface area (Å²) in [6.07, 6.45) is 0. The molecule has 1 heterocycles. The Kier molecular flexibility index (Phi) is 4.81. The first-order valence-electron chi connectivity index (χ1n) is 7.49. The first-order valence-corrected chi connectivity index (χ1v) is 7.87. The molecular weight excluding hydrogens is 340 g/mol. The number of aromatic amines is 1. The number of benzene rings is 2. The molecule has 6 nitrogen and oxygen atoms in total. The van der Waals surface area contributed by atoms with Crippen molar-refractivity contribution in [1.29, 1.82) is 0 Å². The smallest absolute Gasteiger partial charge is 0.289 e. The van der Waals surface area contributed by atoms with Crippen LogP contribution in [0.2, 0.25) is 5.02 Å². The minimum Gasteiger partial charge on any atom is -0.507 e. The molecule has 3 N–H and O–H groups in total. The van der Waals surface area contributed by atoms with Gasteiger partial charge in [-0.25, -0.2) is 5.43 Å². The average Bonchev–Trinajstić information content (AvgIpc) is 3.10. The normalized spacial score (nSPS) is 11.4. The fraction of sp³-hybridized carbons (Fsp3) is 0.0556. The van der Waals surface area contributed by atoms with Crippen molar-refractivity contribution >= 4 is 23.2 Å². The molecule has 3 aromatic rings. The van der Waals surface area contributed by atoms with Crippen LogP contribution in [0.25, 0.3) is 11.3 Å². The van der Waals surface area contributed by atoms with Crippen molar-refractivity contribution in [2.45, 2.75) is 6.92 Å². The van der Waals surface area contributed by atoms with Crippen LogP contribution in [0.4, 0.5) is 0 Å². The van der Waals surface area contributed by atoms with Crippen LogP contribution in [-0.4, -0.2) is 26.9 Å². The van der Waals surface area contributed by atoms with Gasteiger partial charge in [-0.05, 0) is 31.2 Å². The lowest BCUT2D eigenvalue weighted by Crippen LogP contribution is -2.19. The molecule has 0 fully saturated rings. The number of aromatic hydroxyl groups is 1. The number of aromatic nitrogens is 2. The van der Waals surface area contributed by atoms with Gasteiger partial charge in [-0.1, -0.05) is 41.9 Å². The molecule has 0 bridgehead atoms. The number of halogens is 1. The Morgan fingerprint density at radius 3 is 2.68 bits per heavy atom. The molecule has 126 valence electrons. The van der Waals surface area contributed by atoms with Crippen LogP contribution in [0.1, 0.15) is 23.0 Å². The van der Waals surface area contributed by atoms with Gasteiger partial charge in [-0.15, -0.1) is 0 Å². The predicted molar refractivity (Wildman–Crippen MR) is 96.8 cm³/mol. The molecule has 3 rings (SSSR count). The number of hydrogen-bond acceptors (Lipinski definition) is 4. The van der Waals surface area contributed by atoms with Crippen molar-refractivity contribution in [3.63, 3.8) is 0 Å². The van der Waals surface area contributed by atoms with E-state index in [1.54, 1.807) is 43.3 Å². The summed E-state index contributed by atoms with van der Waals surface area (Å²) in [5.41, 5.74) is 5.02. The maximum atomic E-state index is 12.2. The minimum atomic E-state index is -0.444. The zero-order chi connectivity index (χ0) is 17.8. The monoisotopic (exact) mass is 354 g/mol. The zero-order valence-electron chi connectivity index (χ0n) is 13.3. The van der Waals surface area contributed by atoms with E-state index in [1.165, 1.54) is 0 Å². The lowest BCUT2D eigenvalue weighted by atomic mass is 10.1. The Balaban J connectivity index is 1.76. The number of phenols is 1. The van der Waals surface area contributed by atoms with Crippen molar-refractivity contribution < 1.29 is 9.90 Å². The van der Waals surface area contributed by atoms with E-state index in [0.29, 0.717) is 22.0 Å². The SMILES string of the molecule is CC(=NNC(=O)c1cc(-c2ccccc2Cl)n[nH]1)c1ccccc1O. The second-order valence-electron chi connectivity index (χ2n) is 5.30. The number of rotatable bonds is 4. The quantitative estimate of drug-likeness (QED) is 0.494. The topological polar surface area (TPSA) is 90.4 Å². The number of para-hydroxylation sites is 1. The van der Waals surface area contributed by atoms with Gasteiger partial charge in [0.15, 0.2) is 0 Å². The Bertz CT molecular complexity index is 950. The third-order valence-corrected chi connectivity index (χ3v) is 3.92. The number of H-pyrrole nitrogens is 1. The van der Waals surface area contributed by atoms with E-state index < -0.39 is 5.91 Å². The van der Waals surface area contributed by atoms with Crippen LogP contribution >= 0.6 is 11.6 Å². The molecule has 0 aliphatic rings. The van der Waals surface area contributed by atoms with Crippen molar-refractivity contribution in [1.82, 2.24) is 15.6 Å². The Labute approximate surface area is 149 Å². The zero-order valence-corrected chi connectivity index (χ0v) is 14.1. The van der Waals surface area contributed by atoms with E-state index in [1.807, 2.05) is 18.2 Å². The van der Waals surface area contributed by atoms with Crippen molar-refractivity contribution in [2.75, 3.05) is 0 Å². The number of carbonyl (C=O) groups excluding carboxylic acids is 1. The van der Waals surface area contributed by atoms with Crippen LogP contribution in [0.15, 0.2) is 59.7 Å². The van der Waals surface area contributed by atoms with E-state index in [4.69, 9.17) is 11.6 Å². The molecule has 0 spiro atoms. The van der Waals surface area contributed by atoms with Gasteiger partial charge in [0.1, 0.15) is 11.4 Å². The average molecular weight is 355 g/mol. The second-order valence-corrected chi connectivity index (χ2v) is 5.71. The van der Waals surface area contributed by atoms with E-state index in [2.05, 4.69) is 20.7 Å². The first-order chi connectivity index (χ1) is 12.1. The molecule has 0 radical (unpaired) electrons. The number of nitrogens with zero attached hydrogens (tertiary/aromatic N) is 2. The third-order valence-electron chi connectivity index (χ3n) is 3.59. The molecule has 0 atom stereocenters. The van der Waals surface area contributed by atoms with Crippen molar-refractivity contribution in [3.05, 3.63) is 70.9 Å². The lowest BCUT2D eigenvalue weighted by Gasteiger charge is -2.03. The van der Waals surface area contributed by atoms with Gasteiger partial charge < -0.3 is 5.11 Å². The summed E-state index contributed by atoms with van der Waals surface area (Å²) in [5.74, 6) is -0.346. The summed E-state index contributed by atoms with van der Waals surface area (Å²) < 4.78 is 0. The van der Waals surface area contributed by atoms with Crippen molar-refractivity contribution in [2.24, 2.45) is 5.10 Å². The van der Waals surface area contributed by atoms with E-state index in [9.17, 15) is 9.90 Å². The van der Waals surface area contributed by atoms with Crippen molar-refractivity contribution in [3.8, 4) is 17.0 Å². The predicted octanol–water partition coefficient (Wildman–Crippen LogP) is 3.59. The molecule has 1 aromatic heterocycles. The Morgan fingerprint density at radius 1 is 1.20 bits per heavy atom. The molecule has 25 heavy (non-hydrogen) atoms. The van der Waals surface area contributed by atoms with Crippen LogP contribution in [0.3, 0.4) is 0 Å². The molecule has 0 aliphatic carbocycles. The van der Waals surface area contributed by atoms with Crippen LogP contribution in [0, 0.1) is 0 Å². The second kappa shape index (κ2) is 7.19. The first kappa shape index (κ1) is 16.7. The van der Waals surface area contributed by atoms with Gasteiger partial charge in [0, 0.05) is 11.1 Å². The van der Waals surface area contributed by atoms with Gasteiger partial charge in [0.2, 0.25) is 0 Å². The maximum absolute atomic E-state index is 12.2. The number of phenolic OH excluding ortho intramolecular Hbond substituents is 1. The number of nitrogens with one attached hydrogen (secondary N) is 2. The molecular formula is C18H15ClN4O2. The standard InChI is InChI=1S/C18H15ClN4O2/c1-11(12-6-3-5-9-17(12)24)20-23-18(25)16-10-15(21-22-16)13-7-2-4-8-14(13)19/h2-10,24H,1H3,(H,21,22)(H,23,25). The molecule has 1 amide bonds.